The van der Waals surface area contributed by atoms with E-state index in [1.807, 2.05) is 11.4 Å². The molecular formula is C4H9PS. The third kappa shape index (κ3) is 4.52. The minimum Gasteiger partial charge on any atom is -0.137 e. The molecular weight excluding hydrogens is 111 g/mol. The fourth-order valence-corrected chi connectivity index (χ4v) is 1.57. The van der Waals surface area contributed by atoms with Crippen molar-refractivity contribution in [2.45, 2.75) is 6.92 Å². The van der Waals surface area contributed by atoms with E-state index in [-0.39, 0.29) is 0 Å². The number of allylic oxidation sites excluding steroid dienone is 1. The maximum absolute atomic E-state index is 3.74. The summed E-state index contributed by atoms with van der Waals surface area (Å²) in [4.78, 5) is 0. The van der Waals surface area contributed by atoms with Crippen molar-refractivity contribution >= 4 is 19.2 Å². The monoisotopic (exact) mass is 120 g/mol. The Morgan fingerprint density at radius 2 is 2.33 bits per heavy atom. The predicted octanol–water partition coefficient (Wildman–Crippen LogP) is 2.48. The van der Waals surface area contributed by atoms with E-state index in [9.17, 15) is 0 Å². The molecule has 0 nitrogen and oxygen atoms in total. The molecule has 0 aromatic heterocycles. The third-order valence-corrected chi connectivity index (χ3v) is 2.49. The number of rotatable bonds is 2. The first-order valence-corrected chi connectivity index (χ1v) is 4.67. The van der Waals surface area contributed by atoms with Crippen LogP contribution in [0.2, 0.25) is 0 Å². The largest absolute Gasteiger partial charge is 0.137 e. The van der Waals surface area contributed by atoms with E-state index in [0.29, 0.717) is 0 Å². The highest BCUT2D eigenvalue weighted by atomic mass is 32.7. The molecule has 36 valence electrons. The van der Waals surface area contributed by atoms with Crippen LogP contribution < -0.4 is 0 Å². The molecule has 0 fully saturated rings. The zero-order valence-corrected chi connectivity index (χ0v) is 5.93. The Morgan fingerprint density at radius 3 is 2.33 bits per heavy atom. The normalized spacial score (nSPS) is 10.3. The molecule has 0 aromatic rings. The van der Waals surface area contributed by atoms with Crippen molar-refractivity contribution in [3.05, 3.63) is 11.9 Å². The molecule has 0 heterocycles. The maximum Gasteiger partial charge on any atom is -0.0142 e. The van der Waals surface area contributed by atoms with Crippen molar-refractivity contribution in [3.63, 3.8) is 0 Å². The van der Waals surface area contributed by atoms with Crippen LogP contribution in [0, 0.1) is 0 Å². The molecule has 0 aliphatic heterocycles. The van der Waals surface area contributed by atoms with Crippen LogP contribution in [-0.4, -0.2) is 6.26 Å². The van der Waals surface area contributed by atoms with Crippen molar-refractivity contribution < 1.29 is 0 Å². The predicted molar refractivity (Wildman–Crippen MR) is 36.6 cm³/mol. The fraction of sp³-hybridized carbons (Fsp3) is 0.500. The topological polar surface area (TPSA) is 0 Å². The molecule has 0 spiro atoms. The molecule has 0 aliphatic carbocycles. The van der Waals surface area contributed by atoms with Crippen molar-refractivity contribution in [2.24, 2.45) is 0 Å². The lowest BCUT2D eigenvalue weighted by Crippen LogP contribution is -1.44. The van der Waals surface area contributed by atoms with Crippen molar-refractivity contribution in [2.75, 3.05) is 6.26 Å². The standard InChI is InChI=1S/C4H9PS/c1-4(2)5-6-3/h5H,1H2,2-3H3. The van der Waals surface area contributed by atoms with Gasteiger partial charge < -0.3 is 0 Å². The highest BCUT2D eigenvalue weighted by Crippen LogP contribution is 2.32. The van der Waals surface area contributed by atoms with Crippen LogP contribution in [0.1, 0.15) is 6.92 Å². The zero-order chi connectivity index (χ0) is 4.99. The van der Waals surface area contributed by atoms with E-state index in [2.05, 4.69) is 19.8 Å². The number of hydrogen-bond donors (Lipinski definition) is 0. The van der Waals surface area contributed by atoms with Crippen LogP contribution in [0.3, 0.4) is 0 Å². The molecule has 2 heteroatoms. The second-order valence-electron chi connectivity index (χ2n) is 1.09. The van der Waals surface area contributed by atoms with Gasteiger partial charge in [-0.15, -0.1) is 11.4 Å². The second-order valence-corrected chi connectivity index (χ2v) is 4.39. The Hall–Kier alpha value is 0.520. The number of hydrogen-bond acceptors (Lipinski definition) is 1. The van der Waals surface area contributed by atoms with Crippen LogP contribution in [0.4, 0.5) is 0 Å². The van der Waals surface area contributed by atoms with Gasteiger partial charge in [-0.25, -0.2) is 0 Å². The molecule has 6 heavy (non-hydrogen) atoms. The Labute approximate surface area is 44.9 Å². The lowest BCUT2D eigenvalue weighted by Gasteiger charge is -1.87. The summed E-state index contributed by atoms with van der Waals surface area (Å²) in [6.07, 6.45) is 2.09. The van der Waals surface area contributed by atoms with Crippen LogP contribution in [-0.2, 0) is 0 Å². The minimum absolute atomic E-state index is 0.894. The van der Waals surface area contributed by atoms with Crippen LogP contribution in [0.15, 0.2) is 11.9 Å². The van der Waals surface area contributed by atoms with E-state index in [4.69, 9.17) is 0 Å². The smallest absolute Gasteiger partial charge is 0.0142 e. The maximum atomic E-state index is 3.74. The van der Waals surface area contributed by atoms with Gasteiger partial charge in [-0.1, -0.05) is 6.58 Å². The molecule has 1 unspecified atom stereocenters. The molecule has 0 amide bonds. The molecule has 0 aliphatic rings. The first kappa shape index (κ1) is 6.52. The first-order valence-electron chi connectivity index (χ1n) is 1.72. The SMILES string of the molecule is C=C(C)PSC. The van der Waals surface area contributed by atoms with Gasteiger partial charge in [0, 0.05) is 0 Å². The molecule has 0 radical (unpaired) electrons. The first-order chi connectivity index (χ1) is 2.77. The highest BCUT2D eigenvalue weighted by Gasteiger charge is 1.75. The van der Waals surface area contributed by atoms with Crippen LogP contribution in [0.25, 0.3) is 0 Å². The van der Waals surface area contributed by atoms with Gasteiger partial charge in [0.2, 0.25) is 0 Å². The average Bonchev–Trinajstić information content (AvgIpc) is 1.35. The second kappa shape index (κ2) is 3.70. The van der Waals surface area contributed by atoms with Gasteiger partial charge in [0.25, 0.3) is 0 Å². The lowest BCUT2D eigenvalue weighted by atomic mass is 10.8. The Balaban J connectivity index is 2.83. The van der Waals surface area contributed by atoms with Gasteiger partial charge in [0.1, 0.15) is 0 Å². The summed E-state index contributed by atoms with van der Waals surface area (Å²) in [5, 5.41) is 1.28. The van der Waals surface area contributed by atoms with Gasteiger partial charge in [-0.05, 0) is 26.3 Å². The fourth-order valence-electron chi connectivity index (χ4n) is 0.174. The minimum atomic E-state index is 0.894. The highest BCUT2D eigenvalue weighted by molar-refractivity contribution is 8.50. The molecule has 0 aromatic carbocycles. The van der Waals surface area contributed by atoms with E-state index >= 15 is 0 Å². The van der Waals surface area contributed by atoms with Gasteiger partial charge in [-0.2, -0.15) is 0 Å². The van der Waals surface area contributed by atoms with E-state index < -0.39 is 0 Å². The lowest BCUT2D eigenvalue weighted by molar-refractivity contribution is 1.73. The molecule has 0 saturated carbocycles. The molecule has 0 saturated heterocycles. The summed E-state index contributed by atoms with van der Waals surface area (Å²) in [5.41, 5.74) is 0. The average molecular weight is 120 g/mol. The quantitative estimate of drug-likeness (QED) is 0.504. The Bertz CT molecular complexity index is 51.5. The summed E-state index contributed by atoms with van der Waals surface area (Å²) in [6.45, 7) is 5.79. The van der Waals surface area contributed by atoms with E-state index in [0.717, 1.165) is 7.78 Å². The summed E-state index contributed by atoms with van der Waals surface area (Å²) in [7, 11) is 0.894. The van der Waals surface area contributed by atoms with Gasteiger partial charge in [0.05, 0.1) is 0 Å². The van der Waals surface area contributed by atoms with Gasteiger partial charge in [0.15, 0.2) is 0 Å². The van der Waals surface area contributed by atoms with E-state index in [1.165, 1.54) is 5.31 Å². The molecule has 0 rings (SSSR count). The van der Waals surface area contributed by atoms with E-state index in [1.54, 1.807) is 0 Å². The molecule has 0 N–H and O–H groups in total. The summed E-state index contributed by atoms with van der Waals surface area (Å²) >= 11 is 1.84. The van der Waals surface area contributed by atoms with Crippen LogP contribution >= 0.6 is 19.2 Å². The van der Waals surface area contributed by atoms with Crippen LogP contribution in [0.5, 0.6) is 0 Å². The molecule has 1 atom stereocenters. The van der Waals surface area contributed by atoms with Crippen molar-refractivity contribution in [1.29, 1.82) is 0 Å². The van der Waals surface area contributed by atoms with Gasteiger partial charge in [-0.3, -0.25) is 0 Å². The van der Waals surface area contributed by atoms with Crippen molar-refractivity contribution in [3.8, 4) is 0 Å². The molecule has 0 bridgehead atoms. The summed E-state index contributed by atoms with van der Waals surface area (Å²) in [5.74, 6) is 0. The summed E-state index contributed by atoms with van der Waals surface area (Å²) < 4.78 is 0. The third-order valence-electron chi connectivity index (χ3n) is 0.276. The summed E-state index contributed by atoms with van der Waals surface area (Å²) in [6, 6.07) is 0. The van der Waals surface area contributed by atoms with Crippen molar-refractivity contribution in [1.82, 2.24) is 0 Å². The van der Waals surface area contributed by atoms with Gasteiger partial charge >= 0.3 is 0 Å². The zero-order valence-electron chi connectivity index (χ0n) is 4.12. The Morgan fingerprint density at radius 1 is 1.83 bits per heavy atom. The Kier molecular flexibility index (Phi) is 4.02.